The second-order valence-corrected chi connectivity index (χ2v) is 23.2. The molecule has 0 bridgehead atoms. The maximum Gasteiger partial charge on any atom is 0.306 e. The Bertz CT molecular complexity index is 1430. The van der Waals surface area contributed by atoms with Gasteiger partial charge in [0.2, 0.25) is 0 Å². The van der Waals surface area contributed by atoms with E-state index in [1.807, 2.05) is 0 Å². The van der Waals surface area contributed by atoms with E-state index in [0.717, 1.165) is 83.5 Å². The zero-order chi connectivity index (χ0) is 56.9. The van der Waals surface area contributed by atoms with E-state index in [4.69, 9.17) is 9.47 Å². The first-order chi connectivity index (χ1) is 39.1. The summed E-state index contributed by atoms with van der Waals surface area (Å²) in [6, 6.07) is 0. The Balaban J connectivity index is 3.45. The highest BCUT2D eigenvalue weighted by atomic mass is 16.6. The van der Waals surface area contributed by atoms with Crippen LogP contribution >= 0.6 is 0 Å². The topological polar surface area (TPSA) is 72.8 Å². The normalized spacial score (nSPS) is 12.7. The van der Waals surface area contributed by atoms with Crippen LogP contribution in [0.1, 0.15) is 354 Å². The molecule has 1 atom stereocenters. The first-order valence-corrected chi connectivity index (χ1v) is 34.6. The molecule has 0 aromatic rings. The number of carbonyl (C=O) groups is 2. The fraction of sp³-hybridized carbons (Fsp3) is 0.784. The number of hydrogen-bond acceptors (Lipinski definition) is 5. The number of esters is 2. The molecule has 0 heterocycles. The van der Waals surface area contributed by atoms with Crippen LogP contribution in [0.4, 0.5) is 0 Å². The molecule has 0 aromatic carbocycles. The highest BCUT2D eigenvalue weighted by molar-refractivity contribution is 5.70. The van der Waals surface area contributed by atoms with Gasteiger partial charge in [0.15, 0.2) is 6.10 Å². The van der Waals surface area contributed by atoms with Crippen molar-refractivity contribution in [3.63, 3.8) is 0 Å². The molecule has 0 aliphatic carbocycles. The zero-order valence-corrected chi connectivity index (χ0v) is 52.6. The Hall–Kier alpha value is -2.92. The Morgan fingerprint density at radius 1 is 0.304 bits per heavy atom. The molecular weight excluding hydrogens is 969 g/mol. The summed E-state index contributed by atoms with van der Waals surface area (Å²) in [6.45, 7) is 4.08. The summed E-state index contributed by atoms with van der Waals surface area (Å²) >= 11 is 0. The quantitative estimate of drug-likeness (QED) is 0.0373. The molecule has 79 heavy (non-hydrogen) atoms. The van der Waals surface area contributed by atoms with Crippen LogP contribution in [-0.2, 0) is 19.1 Å². The van der Waals surface area contributed by atoms with Crippen molar-refractivity contribution in [3.8, 4) is 0 Å². The molecule has 0 radical (unpaired) electrons. The SMILES string of the molecule is CC/C=C\C/C=C\C/C=C\C/C=C\C/C=C\C/C=C\C/C=C\CCCCCCCCCCCCCCCCCC(=O)OC(CO)COC(=O)CCCCCCCCCCCCCCCCCCCCCCCCCCCCCC. The van der Waals surface area contributed by atoms with Crippen molar-refractivity contribution in [2.45, 2.75) is 360 Å². The molecule has 458 valence electrons. The second-order valence-electron chi connectivity index (χ2n) is 23.2. The number of ether oxygens (including phenoxy) is 2. The van der Waals surface area contributed by atoms with E-state index >= 15 is 0 Å². The van der Waals surface area contributed by atoms with Crippen molar-refractivity contribution in [1.82, 2.24) is 0 Å². The zero-order valence-electron chi connectivity index (χ0n) is 52.6. The summed E-state index contributed by atoms with van der Waals surface area (Å²) in [6.07, 6.45) is 97.6. The number of aliphatic hydroxyl groups is 1. The standard InChI is InChI=1S/C74H132O5/c1-3-5-7-9-11-13-15-17-19-21-23-25-27-29-31-33-34-35-36-37-38-39-40-41-43-45-47-49-51-53-55-57-59-61-63-65-67-69-74(77)79-72(70-75)71-78-73(76)68-66-64-62-60-58-56-54-52-50-48-46-44-42-32-30-28-26-24-22-20-18-16-14-12-10-8-6-4-2/h5,7,11,13,17,19,23,25,29,31,34-35,37-38,72,75H,3-4,6,8-10,12,14-16,18,20-22,24,26-28,30,32-33,36,39-71H2,1-2H3/b7-5-,13-11-,19-17-,25-23-,31-29-,35-34-,38-37-. The molecule has 0 aliphatic rings. The fourth-order valence-electron chi connectivity index (χ4n) is 10.3. The molecule has 0 saturated heterocycles. The number of aliphatic hydroxyl groups excluding tert-OH is 1. The molecule has 0 saturated carbocycles. The van der Waals surface area contributed by atoms with Crippen LogP contribution < -0.4 is 0 Å². The molecule has 0 aromatic heterocycles. The number of rotatable bonds is 64. The summed E-state index contributed by atoms with van der Waals surface area (Å²) in [4.78, 5) is 24.6. The molecule has 0 fully saturated rings. The molecule has 1 unspecified atom stereocenters. The summed E-state index contributed by atoms with van der Waals surface area (Å²) in [5.41, 5.74) is 0. The fourth-order valence-corrected chi connectivity index (χ4v) is 10.3. The van der Waals surface area contributed by atoms with Gasteiger partial charge in [-0.15, -0.1) is 0 Å². The maximum atomic E-state index is 12.4. The third kappa shape index (κ3) is 67.5. The van der Waals surface area contributed by atoms with E-state index in [1.165, 1.54) is 244 Å². The lowest BCUT2D eigenvalue weighted by Gasteiger charge is -2.15. The minimum atomic E-state index is -0.774. The largest absolute Gasteiger partial charge is 0.462 e. The van der Waals surface area contributed by atoms with Crippen LogP contribution in [0.15, 0.2) is 85.1 Å². The van der Waals surface area contributed by atoms with Crippen molar-refractivity contribution in [2.24, 2.45) is 0 Å². The Kier molecular flexibility index (Phi) is 66.8. The molecular formula is C74H132O5. The average Bonchev–Trinajstić information content (AvgIpc) is 3.45. The van der Waals surface area contributed by atoms with Crippen LogP contribution in [0.3, 0.4) is 0 Å². The lowest BCUT2D eigenvalue weighted by atomic mass is 10.0. The third-order valence-corrected chi connectivity index (χ3v) is 15.5. The second kappa shape index (κ2) is 69.3. The highest BCUT2D eigenvalue weighted by Crippen LogP contribution is 2.18. The van der Waals surface area contributed by atoms with Gasteiger partial charge in [-0.05, 0) is 70.6 Å². The number of unbranched alkanes of at least 4 members (excludes halogenated alkanes) is 42. The first kappa shape index (κ1) is 76.1. The monoisotopic (exact) mass is 1100 g/mol. The summed E-state index contributed by atoms with van der Waals surface area (Å²) < 4.78 is 10.8. The van der Waals surface area contributed by atoms with Crippen molar-refractivity contribution >= 4 is 11.9 Å². The van der Waals surface area contributed by atoms with Gasteiger partial charge in [-0.1, -0.05) is 356 Å². The van der Waals surface area contributed by atoms with Gasteiger partial charge in [0, 0.05) is 12.8 Å². The minimum Gasteiger partial charge on any atom is -0.462 e. The minimum absolute atomic E-state index is 0.0631. The first-order valence-electron chi connectivity index (χ1n) is 34.6. The Morgan fingerprint density at radius 3 is 0.823 bits per heavy atom. The Labute approximate surface area is 492 Å². The van der Waals surface area contributed by atoms with Crippen molar-refractivity contribution in [3.05, 3.63) is 85.1 Å². The molecule has 0 spiro atoms. The van der Waals surface area contributed by atoms with E-state index in [-0.39, 0.29) is 25.2 Å². The van der Waals surface area contributed by atoms with Gasteiger partial charge in [-0.3, -0.25) is 9.59 Å². The van der Waals surface area contributed by atoms with E-state index in [1.54, 1.807) is 0 Å². The van der Waals surface area contributed by atoms with Crippen molar-refractivity contribution in [2.75, 3.05) is 13.2 Å². The van der Waals surface area contributed by atoms with Crippen molar-refractivity contribution < 1.29 is 24.2 Å². The van der Waals surface area contributed by atoms with E-state index < -0.39 is 6.10 Å². The van der Waals surface area contributed by atoms with Gasteiger partial charge in [-0.25, -0.2) is 0 Å². The molecule has 0 aliphatic heterocycles. The number of carbonyl (C=O) groups excluding carboxylic acids is 2. The number of allylic oxidation sites excluding steroid dienone is 14. The van der Waals surface area contributed by atoms with Gasteiger partial charge >= 0.3 is 11.9 Å². The lowest BCUT2D eigenvalue weighted by molar-refractivity contribution is -0.161. The molecule has 5 nitrogen and oxygen atoms in total. The van der Waals surface area contributed by atoms with Gasteiger partial charge in [0.25, 0.3) is 0 Å². The van der Waals surface area contributed by atoms with E-state index in [0.29, 0.717) is 12.8 Å². The van der Waals surface area contributed by atoms with Crippen molar-refractivity contribution in [1.29, 1.82) is 0 Å². The molecule has 5 heteroatoms. The van der Waals surface area contributed by atoms with Crippen LogP contribution in [-0.4, -0.2) is 36.4 Å². The summed E-state index contributed by atoms with van der Waals surface area (Å²) in [7, 11) is 0. The van der Waals surface area contributed by atoms with Gasteiger partial charge in [0.05, 0.1) is 6.61 Å². The summed E-state index contributed by atoms with van der Waals surface area (Å²) in [5.74, 6) is -0.574. The van der Waals surface area contributed by atoms with Crippen LogP contribution in [0.5, 0.6) is 0 Å². The predicted molar refractivity (Wildman–Crippen MR) is 348 cm³/mol. The maximum absolute atomic E-state index is 12.4. The highest BCUT2D eigenvalue weighted by Gasteiger charge is 2.16. The predicted octanol–water partition coefficient (Wildman–Crippen LogP) is 24.0. The third-order valence-electron chi connectivity index (χ3n) is 15.5. The molecule has 0 rings (SSSR count). The van der Waals surface area contributed by atoms with Gasteiger partial charge in [-0.2, -0.15) is 0 Å². The van der Waals surface area contributed by atoms with Crippen LogP contribution in [0.2, 0.25) is 0 Å². The van der Waals surface area contributed by atoms with Crippen LogP contribution in [0.25, 0.3) is 0 Å². The lowest BCUT2D eigenvalue weighted by Crippen LogP contribution is -2.28. The van der Waals surface area contributed by atoms with Crippen LogP contribution in [0, 0.1) is 0 Å². The summed E-state index contributed by atoms with van der Waals surface area (Å²) in [5, 5.41) is 9.70. The smallest absolute Gasteiger partial charge is 0.306 e. The molecule has 0 amide bonds. The molecule has 1 N–H and O–H groups in total. The van der Waals surface area contributed by atoms with E-state index in [9.17, 15) is 14.7 Å². The average molecular weight is 1100 g/mol. The van der Waals surface area contributed by atoms with Gasteiger partial charge < -0.3 is 14.6 Å². The van der Waals surface area contributed by atoms with E-state index in [2.05, 4.69) is 98.9 Å². The Morgan fingerprint density at radius 2 is 0.544 bits per heavy atom. The van der Waals surface area contributed by atoms with Gasteiger partial charge in [0.1, 0.15) is 6.61 Å². The number of hydrogen-bond donors (Lipinski definition) is 1.